The molecule has 1 aromatic heterocycles. The summed E-state index contributed by atoms with van der Waals surface area (Å²) in [5.41, 5.74) is 0.809. The van der Waals surface area contributed by atoms with Crippen molar-refractivity contribution in [3.05, 3.63) is 30.1 Å². The molecular formula is C22H28N6O4S. The summed E-state index contributed by atoms with van der Waals surface area (Å²) in [6.07, 6.45) is 4.86. The normalized spacial score (nSPS) is 18.6. The van der Waals surface area contributed by atoms with Gasteiger partial charge in [-0.3, -0.25) is 19.5 Å². The van der Waals surface area contributed by atoms with Crippen LogP contribution in [0.4, 0.5) is 4.79 Å². The lowest BCUT2D eigenvalue weighted by atomic mass is 10.1. The minimum absolute atomic E-state index is 0.0223. The summed E-state index contributed by atoms with van der Waals surface area (Å²) in [4.78, 5) is 35.9. The number of nitrogens with zero attached hydrogens (tertiary/aromatic N) is 3. The molecule has 0 radical (unpaired) electrons. The summed E-state index contributed by atoms with van der Waals surface area (Å²) < 4.78 is 7.40. The molecule has 1 aliphatic heterocycles. The molecule has 4 rings (SSSR count). The van der Waals surface area contributed by atoms with E-state index >= 15 is 0 Å². The van der Waals surface area contributed by atoms with E-state index in [0.29, 0.717) is 24.0 Å². The van der Waals surface area contributed by atoms with Crippen molar-refractivity contribution < 1.29 is 19.1 Å². The second-order valence-corrected chi connectivity index (χ2v) is 9.07. The number of thioether (sulfide) groups is 1. The van der Waals surface area contributed by atoms with E-state index in [1.807, 2.05) is 35.8 Å². The van der Waals surface area contributed by atoms with Gasteiger partial charge in [0, 0.05) is 30.6 Å². The molecule has 3 N–H and O–H groups in total. The lowest BCUT2D eigenvalue weighted by Crippen LogP contribution is -2.53. The van der Waals surface area contributed by atoms with Crippen molar-refractivity contribution in [3.8, 4) is 11.4 Å². The third-order valence-electron chi connectivity index (χ3n) is 5.61. The summed E-state index contributed by atoms with van der Waals surface area (Å²) in [6, 6.07) is 6.87. The van der Waals surface area contributed by atoms with Gasteiger partial charge in [-0.25, -0.2) is 4.79 Å². The van der Waals surface area contributed by atoms with Gasteiger partial charge in [0.2, 0.25) is 11.8 Å². The molecule has 1 aromatic carbocycles. The zero-order chi connectivity index (χ0) is 23.2. The number of hydrogen-bond acceptors (Lipinski definition) is 7. The SMILES string of the molecule is CCOc1ccc(-n2c(CC3CC(=O)NC(=O)N3)nnc2SCC(=O)NC2CCCC2)cc1. The number of carbonyl (C=O) groups excluding carboxylic acids is 3. The van der Waals surface area contributed by atoms with Crippen molar-refractivity contribution in [3.63, 3.8) is 0 Å². The van der Waals surface area contributed by atoms with Crippen molar-refractivity contribution in [2.75, 3.05) is 12.4 Å². The molecule has 1 unspecified atom stereocenters. The van der Waals surface area contributed by atoms with E-state index < -0.39 is 6.03 Å². The molecule has 176 valence electrons. The van der Waals surface area contributed by atoms with Gasteiger partial charge in [-0.05, 0) is 44.0 Å². The van der Waals surface area contributed by atoms with Gasteiger partial charge >= 0.3 is 6.03 Å². The zero-order valence-electron chi connectivity index (χ0n) is 18.5. The summed E-state index contributed by atoms with van der Waals surface area (Å²) in [5, 5.41) is 17.3. The van der Waals surface area contributed by atoms with Crippen LogP contribution in [0.2, 0.25) is 0 Å². The standard InChI is InChI=1S/C22H28N6O4S/c1-2-32-17-9-7-16(8-10-17)28-18(11-15-12-19(29)25-21(31)24-15)26-27-22(28)33-13-20(30)23-14-5-3-4-6-14/h7-10,14-15H,2-6,11-13H2,1H3,(H,23,30)(H2,24,25,29,31). The first kappa shape index (κ1) is 23.1. The Labute approximate surface area is 196 Å². The zero-order valence-corrected chi connectivity index (χ0v) is 19.3. The highest BCUT2D eigenvalue weighted by Gasteiger charge is 2.27. The van der Waals surface area contributed by atoms with Crippen molar-refractivity contribution >= 4 is 29.6 Å². The van der Waals surface area contributed by atoms with Crippen LogP contribution < -0.4 is 20.7 Å². The number of aromatic nitrogens is 3. The van der Waals surface area contributed by atoms with Gasteiger partial charge in [-0.1, -0.05) is 24.6 Å². The van der Waals surface area contributed by atoms with E-state index in [4.69, 9.17) is 4.74 Å². The minimum atomic E-state index is -0.512. The molecule has 33 heavy (non-hydrogen) atoms. The molecule has 4 amide bonds. The van der Waals surface area contributed by atoms with Gasteiger partial charge in [0.25, 0.3) is 0 Å². The predicted octanol–water partition coefficient (Wildman–Crippen LogP) is 1.96. The molecule has 11 heteroatoms. The maximum atomic E-state index is 12.4. The van der Waals surface area contributed by atoms with Crippen LogP contribution in [0.5, 0.6) is 5.75 Å². The molecule has 2 aromatic rings. The second-order valence-electron chi connectivity index (χ2n) is 8.13. The van der Waals surface area contributed by atoms with E-state index in [1.54, 1.807) is 0 Å². The van der Waals surface area contributed by atoms with Crippen molar-refractivity contribution in [1.29, 1.82) is 0 Å². The summed E-state index contributed by atoms with van der Waals surface area (Å²) in [6.45, 7) is 2.49. The first-order valence-electron chi connectivity index (χ1n) is 11.2. The molecule has 1 saturated heterocycles. The van der Waals surface area contributed by atoms with E-state index in [-0.39, 0.29) is 36.1 Å². The molecule has 0 spiro atoms. The summed E-state index contributed by atoms with van der Waals surface area (Å²) in [5.74, 6) is 1.23. The highest BCUT2D eigenvalue weighted by Crippen LogP contribution is 2.25. The van der Waals surface area contributed by atoms with E-state index in [1.165, 1.54) is 11.8 Å². The van der Waals surface area contributed by atoms with Gasteiger partial charge in [-0.15, -0.1) is 10.2 Å². The largest absolute Gasteiger partial charge is 0.494 e. The molecule has 1 aliphatic carbocycles. The third kappa shape index (κ3) is 6.04. The average Bonchev–Trinajstić information content (AvgIpc) is 3.42. The molecule has 2 aliphatic rings. The van der Waals surface area contributed by atoms with Gasteiger partial charge in [0.1, 0.15) is 11.6 Å². The Balaban J connectivity index is 1.52. The Morgan fingerprint density at radius 2 is 1.97 bits per heavy atom. The van der Waals surface area contributed by atoms with Crippen LogP contribution in [-0.4, -0.2) is 57.1 Å². The Hall–Kier alpha value is -3.08. The van der Waals surface area contributed by atoms with Crippen LogP contribution in [0.3, 0.4) is 0 Å². The summed E-state index contributed by atoms with van der Waals surface area (Å²) in [7, 11) is 0. The maximum absolute atomic E-state index is 12.4. The van der Waals surface area contributed by atoms with Crippen LogP contribution in [-0.2, 0) is 16.0 Å². The van der Waals surface area contributed by atoms with Gasteiger partial charge in [-0.2, -0.15) is 0 Å². The van der Waals surface area contributed by atoms with Crippen LogP contribution in [0.1, 0.15) is 44.9 Å². The molecule has 0 bridgehead atoms. The second kappa shape index (κ2) is 10.7. The first-order valence-corrected chi connectivity index (χ1v) is 12.2. The van der Waals surface area contributed by atoms with Gasteiger partial charge in [0.05, 0.1) is 12.4 Å². The Bertz CT molecular complexity index is 987. The predicted molar refractivity (Wildman–Crippen MR) is 122 cm³/mol. The van der Waals surface area contributed by atoms with Gasteiger partial charge < -0.3 is 15.4 Å². The fourth-order valence-corrected chi connectivity index (χ4v) is 4.91. The monoisotopic (exact) mass is 472 g/mol. The number of urea groups is 1. The van der Waals surface area contributed by atoms with E-state index in [0.717, 1.165) is 37.1 Å². The first-order chi connectivity index (χ1) is 16.0. The highest BCUT2D eigenvalue weighted by molar-refractivity contribution is 7.99. The molecular weight excluding hydrogens is 444 g/mol. The number of nitrogens with one attached hydrogen (secondary N) is 3. The van der Waals surface area contributed by atoms with Gasteiger partial charge in [0.15, 0.2) is 5.16 Å². The number of ether oxygens (including phenoxy) is 1. The minimum Gasteiger partial charge on any atom is -0.494 e. The smallest absolute Gasteiger partial charge is 0.321 e. The van der Waals surface area contributed by atoms with E-state index in [9.17, 15) is 14.4 Å². The quantitative estimate of drug-likeness (QED) is 0.476. The van der Waals surface area contributed by atoms with Crippen LogP contribution in [0.15, 0.2) is 29.4 Å². The fourth-order valence-electron chi connectivity index (χ4n) is 4.13. The van der Waals surface area contributed by atoms with Crippen molar-refractivity contribution in [2.24, 2.45) is 0 Å². The lowest BCUT2D eigenvalue weighted by Gasteiger charge is -2.23. The van der Waals surface area contributed by atoms with Crippen LogP contribution in [0.25, 0.3) is 5.69 Å². The number of hydrogen-bond donors (Lipinski definition) is 3. The molecule has 10 nitrogen and oxygen atoms in total. The number of carbonyl (C=O) groups is 3. The molecule has 1 atom stereocenters. The van der Waals surface area contributed by atoms with Crippen molar-refractivity contribution in [1.82, 2.24) is 30.7 Å². The third-order valence-corrected chi connectivity index (χ3v) is 6.54. The van der Waals surface area contributed by atoms with E-state index in [2.05, 4.69) is 26.1 Å². The lowest BCUT2D eigenvalue weighted by molar-refractivity contribution is -0.121. The Morgan fingerprint density at radius 3 is 2.67 bits per heavy atom. The Morgan fingerprint density at radius 1 is 1.21 bits per heavy atom. The molecule has 1 saturated carbocycles. The number of benzene rings is 1. The molecule has 2 heterocycles. The van der Waals surface area contributed by atoms with Crippen LogP contribution >= 0.6 is 11.8 Å². The topological polar surface area (TPSA) is 127 Å². The average molecular weight is 473 g/mol. The Kier molecular flexibility index (Phi) is 7.48. The number of imide groups is 1. The number of amides is 4. The highest BCUT2D eigenvalue weighted by atomic mass is 32.2. The van der Waals surface area contributed by atoms with Crippen molar-refractivity contribution in [2.45, 2.75) is 62.7 Å². The maximum Gasteiger partial charge on any atom is 0.321 e. The number of rotatable bonds is 9. The van der Waals surface area contributed by atoms with Crippen LogP contribution in [0, 0.1) is 0 Å². The molecule has 2 fully saturated rings. The fraction of sp³-hybridized carbons (Fsp3) is 0.500. The summed E-state index contributed by atoms with van der Waals surface area (Å²) >= 11 is 1.31.